The Morgan fingerprint density at radius 3 is 2.43 bits per heavy atom. The third-order valence-electron chi connectivity index (χ3n) is 5.58. The van der Waals surface area contributed by atoms with E-state index in [4.69, 9.17) is 0 Å². The summed E-state index contributed by atoms with van der Waals surface area (Å²) in [7, 11) is 1.96. The molecular formula is C21H26ClFN6O. The van der Waals surface area contributed by atoms with E-state index < -0.39 is 5.82 Å². The van der Waals surface area contributed by atoms with Gasteiger partial charge in [-0.05, 0) is 13.0 Å². The molecule has 1 aromatic carbocycles. The molecule has 0 amide bonds. The van der Waals surface area contributed by atoms with Crippen molar-refractivity contribution in [1.29, 1.82) is 0 Å². The monoisotopic (exact) mass is 432 g/mol. The lowest BCUT2D eigenvalue weighted by Gasteiger charge is -2.35. The molecular weight excluding hydrogens is 407 g/mol. The molecule has 0 atom stereocenters. The largest absolute Gasteiger partial charge is 0.392 e. The average Bonchev–Trinajstić information content (AvgIpc) is 3.06. The van der Waals surface area contributed by atoms with Gasteiger partial charge in [0.2, 0.25) is 0 Å². The number of benzene rings is 1. The van der Waals surface area contributed by atoms with Crippen molar-refractivity contribution in [2.24, 2.45) is 7.05 Å². The zero-order valence-electron chi connectivity index (χ0n) is 17.1. The van der Waals surface area contributed by atoms with Gasteiger partial charge in [0.15, 0.2) is 5.82 Å². The topological polar surface area (TPSA) is 70.3 Å². The molecule has 0 radical (unpaired) electrons. The molecule has 1 fully saturated rings. The number of halogens is 2. The number of nitrogens with zero attached hydrogens (tertiary/aromatic N) is 6. The Balaban J connectivity index is 0.00000256. The number of hydrogen-bond acceptors (Lipinski definition) is 6. The molecule has 0 spiro atoms. The number of aryl methyl sites for hydroxylation is 1. The third kappa shape index (κ3) is 4.45. The molecule has 4 rings (SSSR count). The summed E-state index contributed by atoms with van der Waals surface area (Å²) in [6.45, 7) is 6.10. The van der Waals surface area contributed by atoms with E-state index in [2.05, 4.69) is 31.8 Å². The molecule has 30 heavy (non-hydrogen) atoms. The van der Waals surface area contributed by atoms with Crippen LogP contribution in [0.2, 0.25) is 0 Å². The van der Waals surface area contributed by atoms with E-state index in [-0.39, 0.29) is 24.6 Å². The van der Waals surface area contributed by atoms with E-state index in [1.54, 1.807) is 24.5 Å². The minimum absolute atomic E-state index is 0. The van der Waals surface area contributed by atoms with E-state index in [0.29, 0.717) is 11.3 Å². The summed E-state index contributed by atoms with van der Waals surface area (Å²) in [5.41, 5.74) is 4.04. The Kier molecular flexibility index (Phi) is 7.02. The summed E-state index contributed by atoms with van der Waals surface area (Å²) >= 11 is 0. The maximum absolute atomic E-state index is 14.2. The summed E-state index contributed by atoms with van der Waals surface area (Å²) in [5, 5.41) is 13.5. The van der Waals surface area contributed by atoms with Crippen molar-refractivity contribution in [3.63, 3.8) is 0 Å². The molecule has 1 aliphatic rings. The lowest BCUT2D eigenvalue weighted by atomic mass is 10.1. The van der Waals surface area contributed by atoms with Gasteiger partial charge >= 0.3 is 0 Å². The fourth-order valence-electron chi connectivity index (χ4n) is 3.65. The fourth-order valence-corrected chi connectivity index (χ4v) is 3.65. The summed E-state index contributed by atoms with van der Waals surface area (Å²) in [6.07, 6.45) is 5.23. The molecule has 0 aliphatic carbocycles. The fraction of sp³-hybridized carbons (Fsp3) is 0.381. The van der Waals surface area contributed by atoms with Gasteiger partial charge in [0.05, 0.1) is 12.8 Å². The minimum Gasteiger partial charge on any atom is -0.392 e. The van der Waals surface area contributed by atoms with Crippen molar-refractivity contribution < 1.29 is 9.50 Å². The summed E-state index contributed by atoms with van der Waals surface area (Å²) in [5.74, 6) is 0.333. The summed E-state index contributed by atoms with van der Waals surface area (Å²) in [6, 6.07) is 4.79. The van der Waals surface area contributed by atoms with Gasteiger partial charge in [0.25, 0.3) is 0 Å². The zero-order valence-corrected chi connectivity index (χ0v) is 17.9. The Morgan fingerprint density at radius 1 is 1.07 bits per heavy atom. The Bertz CT molecular complexity index is 1000. The third-order valence-corrected chi connectivity index (χ3v) is 5.58. The van der Waals surface area contributed by atoms with E-state index in [9.17, 15) is 9.50 Å². The molecule has 0 unspecified atom stereocenters. The highest BCUT2D eigenvalue weighted by molar-refractivity contribution is 5.85. The first-order valence-electron chi connectivity index (χ1n) is 9.72. The van der Waals surface area contributed by atoms with Crippen molar-refractivity contribution in [1.82, 2.24) is 24.6 Å². The van der Waals surface area contributed by atoms with E-state index in [1.165, 1.54) is 17.3 Å². The van der Waals surface area contributed by atoms with Gasteiger partial charge in [-0.25, -0.2) is 9.37 Å². The number of piperazine rings is 1. The van der Waals surface area contributed by atoms with Crippen molar-refractivity contribution in [2.75, 3.05) is 31.1 Å². The van der Waals surface area contributed by atoms with Crippen molar-refractivity contribution in [2.45, 2.75) is 20.1 Å². The second kappa shape index (κ2) is 9.51. The molecule has 1 aliphatic heterocycles. The zero-order chi connectivity index (χ0) is 20.4. The van der Waals surface area contributed by atoms with Gasteiger partial charge in [-0.2, -0.15) is 5.10 Å². The van der Waals surface area contributed by atoms with E-state index in [1.807, 2.05) is 17.9 Å². The van der Waals surface area contributed by atoms with Gasteiger partial charge in [-0.1, -0.05) is 12.1 Å². The normalized spacial score (nSPS) is 14.6. The maximum Gasteiger partial charge on any atom is 0.155 e. The van der Waals surface area contributed by atoms with Crippen LogP contribution in [0, 0.1) is 12.7 Å². The van der Waals surface area contributed by atoms with Gasteiger partial charge in [0.1, 0.15) is 11.5 Å². The van der Waals surface area contributed by atoms with E-state index in [0.717, 1.165) is 38.5 Å². The van der Waals surface area contributed by atoms with Crippen LogP contribution >= 0.6 is 12.4 Å². The molecule has 9 heteroatoms. The van der Waals surface area contributed by atoms with Crippen LogP contribution in [0.15, 0.2) is 36.8 Å². The highest BCUT2D eigenvalue weighted by Crippen LogP contribution is 2.29. The highest BCUT2D eigenvalue weighted by atomic mass is 35.5. The van der Waals surface area contributed by atoms with Gasteiger partial charge < -0.3 is 10.0 Å². The molecule has 7 nitrogen and oxygen atoms in total. The van der Waals surface area contributed by atoms with Crippen LogP contribution in [0.25, 0.3) is 11.3 Å². The number of rotatable bonds is 5. The van der Waals surface area contributed by atoms with Crippen LogP contribution in [-0.2, 0) is 20.2 Å². The van der Waals surface area contributed by atoms with Crippen LogP contribution in [-0.4, -0.2) is 55.9 Å². The number of aromatic nitrogens is 4. The van der Waals surface area contributed by atoms with Crippen molar-refractivity contribution in [3.8, 4) is 11.3 Å². The number of hydrogen-bond donors (Lipinski definition) is 1. The molecule has 2 aromatic heterocycles. The van der Waals surface area contributed by atoms with Gasteiger partial charge in [-0.15, -0.1) is 12.4 Å². The van der Waals surface area contributed by atoms with Crippen LogP contribution in [0.1, 0.15) is 16.8 Å². The summed E-state index contributed by atoms with van der Waals surface area (Å²) in [4.78, 5) is 13.6. The number of aliphatic hydroxyl groups excluding tert-OH is 1. The lowest BCUT2D eigenvalue weighted by Crippen LogP contribution is -2.46. The number of anilines is 1. The molecule has 1 N–H and O–H groups in total. The predicted molar refractivity (Wildman–Crippen MR) is 116 cm³/mol. The molecule has 3 aromatic rings. The van der Waals surface area contributed by atoms with Gasteiger partial charge in [0, 0.05) is 74.5 Å². The SMILES string of the molecule is Cc1c(CN2CCN(c3nccnc3-c3ccc(CO)c(F)c3)CC2)cnn1C.Cl. The molecule has 0 saturated carbocycles. The lowest BCUT2D eigenvalue weighted by molar-refractivity contribution is 0.249. The van der Waals surface area contributed by atoms with Crippen LogP contribution in [0.4, 0.5) is 10.2 Å². The van der Waals surface area contributed by atoms with Gasteiger partial charge in [-0.3, -0.25) is 14.6 Å². The molecule has 1 saturated heterocycles. The highest BCUT2D eigenvalue weighted by Gasteiger charge is 2.22. The second-order valence-corrected chi connectivity index (χ2v) is 7.33. The van der Waals surface area contributed by atoms with Crippen LogP contribution < -0.4 is 4.90 Å². The standard InChI is InChI=1S/C21H25FN6O.ClH/c1-15-18(12-25-26(15)2)13-27-7-9-28(10-8-27)21-20(23-5-6-24-21)16-3-4-17(14-29)19(22)11-16;/h3-6,11-12,29H,7-10,13-14H2,1-2H3;1H. The second-order valence-electron chi connectivity index (χ2n) is 7.33. The Morgan fingerprint density at radius 2 is 1.80 bits per heavy atom. The number of aliphatic hydroxyl groups is 1. The van der Waals surface area contributed by atoms with Crippen LogP contribution in [0.3, 0.4) is 0 Å². The van der Waals surface area contributed by atoms with E-state index >= 15 is 0 Å². The average molecular weight is 433 g/mol. The molecule has 0 bridgehead atoms. The van der Waals surface area contributed by atoms with Crippen LogP contribution in [0.5, 0.6) is 0 Å². The molecule has 3 heterocycles. The maximum atomic E-state index is 14.2. The Labute approximate surface area is 181 Å². The van der Waals surface area contributed by atoms with Crippen molar-refractivity contribution >= 4 is 18.2 Å². The quantitative estimate of drug-likeness (QED) is 0.668. The predicted octanol–water partition coefficient (Wildman–Crippen LogP) is 2.56. The summed E-state index contributed by atoms with van der Waals surface area (Å²) < 4.78 is 16.1. The first kappa shape index (κ1) is 22.1. The first-order valence-corrected chi connectivity index (χ1v) is 9.72. The van der Waals surface area contributed by atoms with Crippen molar-refractivity contribution in [3.05, 3.63) is 59.4 Å². The minimum atomic E-state index is -0.432. The molecule has 160 valence electrons. The first-order chi connectivity index (χ1) is 14.1. The smallest absolute Gasteiger partial charge is 0.155 e. The Hall–Kier alpha value is -2.55.